The molecule has 0 radical (unpaired) electrons. The van der Waals surface area contributed by atoms with Crippen LogP contribution >= 0.6 is 0 Å². The maximum Gasteiger partial charge on any atom is 0.409 e. The maximum absolute atomic E-state index is 13.6. The molecule has 24 nitrogen and oxygen atoms in total. The van der Waals surface area contributed by atoms with Crippen LogP contribution < -0.4 is 26.6 Å². The minimum Gasteiger partial charge on any atom is -0.479 e. The summed E-state index contributed by atoms with van der Waals surface area (Å²) in [5, 5.41) is 20.8. The number of carbonyl (C=O) groups excluding carboxylic acids is 7. The number of hydrogen-bond acceptors (Lipinski definition) is 17. The van der Waals surface area contributed by atoms with E-state index in [-0.39, 0.29) is 57.2 Å². The Labute approximate surface area is 397 Å². The van der Waals surface area contributed by atoms with Gasteiger partial charge in [0.25, 0.3) is 24.1 Å². The Morgan fingerprint density at radius 1 is 0.652 bits per heavy atom. The second kappa shape index (κ2) is 33.7. The van der Waals surface area contributed by atoms with Gasteiger partial charge in [0.15, 0.2) is 5.54 Å². The van der Waals surface area contributed by atoms with Crippen LogP contribution in [0, 0.1) is 0 Å². The molecule has 1 aliphatic rings. The van der Waals surface area contributed by atoms with Crippen molar-refractivity contribution in [1.82, 2.24) is 26.2 Å². The first-order valence-corrected chi connectivity index (χ1v) is 21.8. The molecule has 0 aromatic heterocycles. The van der Waals surface area contributed by atoms with E-state index in [9.17, 15) is 52.2 Å². The van der Waals surface area contributed by atoms with Crippen molar-refractivity contribution in [3.05, 3.63) is 42.0 Å². The van der Waals surface area contributed by atoms with Crippen LogP contribution in [0.3, 0.4) is 0 Å². The molecular formula is C43H64F2N6O18. The summed E-state index contributed by atoms with van der Waals surface area (Å²) in [7, 11) is 1.61. The first-order chi connectivity index (χ1) is 33.0. The van der Waals surface area contributed by atoms with Crippen LogP contribution in [0.25, 0.3) is 0 Å². The molecule has 1 aromatic carbocycles. The van der Waals surface area contributed by atoms with Gasteiger partial charge in [-0.2, -0.15) is 0 Å². The predicted octanol–water partition coefficient (Wildman–Crippen LogP) is -0.296. The number of amides is 7. The van der Waals surface area contributed by atoms with Crippen molar-refractivity contribution in [3.8, 4) is 0 Å². The molecule has 1 aromatic rings. The summed E-state index contributed by atoms with van der Waals surface area (Å²) < 4.78 is 75.1. The van der Waals surface area contributed by atoms with Gasteiger partial charge in [-0.1, -0.05) is 12.1 Å². The lowest BCUT2D eigenvalue weighted by Crippen LogP contribution is -2.57. The third-order valence-corrected chi connectivity index (χ3v) is 9.38. The highest BCUT2D eigenvalue weighted by Gasteiger charge is 2.45. The molecule has 0 aliphatic carbocycles. The van der Waals surface area contributed by atoms with Gasteiger partial charge >= 0.3 is 12.1 Å². The number of hydrogen-bond donors (Lipinski definition) is 6. The number of anilines is 1. The van der Waals surface area contributed by atoms with Crippen LogP contribution in [0.4, 0.5) is 19.3 Å². The van der Waals surface area contributed by atoms with E-state index in [0.29, 0.717) is 79.6 Å². The molecule has 2 unspecified atom stereocenters. The minimum atomic E-state index is -3.55. The van der Waals surface area contributed by atoms with Crippen molar-refractivity contribution in [2.24, 2.45) is 0 Å². The number of nitrogens with zero attached hydrogens (tertiary/aromatic N) is 1. The Morgan fingerprint density at radius 2 is 1.10 bits per heavy atom. The lowest BCUT2D eigenvalue weighted by Gasteiger charge is -2.26. The zero-order chi connectivity index (χ0) is 51.0. The number of imide groups is 1. The molecule has 0 saturated carbocycles. The van der Waals surface area contributed by atoms with Gasteiger partial charge in [0.1, 0.15) is 12.1 Å². The summed E-state index contributed by atoms with van der Waals surface area (Å²) in [4.78, 5) is 99.7. The first-order valence-electron chi connectivity index (χ1n) is 21.8. The van der Waals surface area contributed by atoms with Crippen LogP contribution in [-0.4, -0.2) is 201 Å². The predicted molar refractivity (Wildman–Crippen MR) is 236 cm³/mol. The molecule has 26 heteroatoms. The van der Waals surface area contributed by atoms with E-state index < -0.39 is 77.7 Å². The van der Waals surface area contributed by atoms with Gasteiger partial charge < -0.3 is 74.3 Å². The number of nitrogens with one attached hydrogen (secondary N) is 5. The van der Waals surface area contributed by atoms with Crippen LogP contribution in [0.1, 0.15) is 38.9 Å². The van der Waals surface area contributed by atoms with Crippen molar-refractivity contribution in [3.63, 3.8) is 0 Å². The minimum absolute atomic E-state index is 0.0128. The Kier molecular flexibility index (Phi) is 29.0. The SMILES string of the molecule is COCCOCCOCCOCCOCCOCCOCCOCCNC(=O)C(OC(=O)NC(C)(C(=O)O)C(F)F)c1ccc(NC(=O)[C@H](C)NC(=O)[C@H](C)NC(=O)CCN2C(=O)C=CC2=O)cc1. The fourth-order valence-corrected chi connectivity index (χ4v) is 5.37. The van der Waals surface area contributed by atoms with Crippen LogP contribution in [0.5, 0.6) is 0 Å². The zero-order valence-electron chi connectivity index (χ0n) is 39.1. The highest BCUT2D eigenvalue weighted by atomic mass is 19.3. The molecule has 7 amide bonds. The summed E-state index contributed by atoms with van der Waals surface area (Å²) in [6.45, 7) is 8.37. The van der Waals surface area contributed by atoms with E-state index in [2.05, 4.69) is 21.3 Å². The summed E-state index contributed by atoms with van der Waals surface area (Å²) in [6.07, 6.45) is -5.11. The number of alkyl halides is 2. The Balaban J connectivity index is 1.75. The van der Waals surface area contributed by atoms with E-state index >= 15 is 0 Å². The third kappa shape index (κ3) is 23.9. The number of carboxylic acid groups (broad SMARTS) is 1. The molecular weight excluding hydrogens is 926 g/mol. The molecule has 0 fully saturated rings. The molecule has 0 bridgehead atoms. The molecule has 69 heavy (non-hydrogen) atoms. The zero-order valence-corrected chi connectivity index (χ0v) is 39.1. The van der Waals surface area contributed by atoms with Crippen molar-refractivity contribution in [2.75, 3.05) is 125 Å². The number of carbonyl (C=O) groups is 8. The molecule has 4 atom stereocenters. The Hall–Kier alpha value is -5.74. The first kappa shape index (κ1) is 59.4. The number of halogens is 2. The van der Waals surface area contributed by atoms with Crippen LogP contribution in [0.2, 0.25) is 0 Å². The number of aliphatic carboxylic acids is 1. The largest absolute Gasteiger partial charge is 0.479 e. The van der Waals surface area contributed by atoms with Gasteiger partial charge in [-0.15, -0.1) is 0 Å². The van der Waals surface area contributed by atoms with E-state index in [1.807, 2.05) is 0 Å². The summed E-state index contributed by atoms with van der Waals surface area (Å²) in [5.74, 6) is -6.16. The highest BCUT2D eigenvalue weighted by Crippen LogP contribution is 2.23. The Morgan fingerprint density at radius 3 is 1.55 bits per heavy atom. The quantitative estimate of drug-likeness (QED) is 0.0366. The van der Waals surface area contributed by atoms with Gasteiger partial charge in [-0.05, 0) is 32.9 Å². The number of alkyl carbamates (subject to hydrolysis) is 1. The van der Waals surface area contributed by atoms with E-state index in [4.69, 9.17) is 42.6 Å². The smallest absolute Gasteiger partial charge is 0.409 e. The fourth-order valence-electron chi connectivity index (χ4n) is 5.37. The topological polar surface area (TPSA) is 303 Å². The van der Waals surface area contributed by atoms with Gasteiger partial charge in [0.2, 0.25) is 23.8 Å². The summed E-state index contributed by atoms with van der Waals surface area (Å²) in [5.41, 5.74) is -2.92. The lowest BCUT2D eigenvalue weighted by molar-refractivity contribution is -0.150. The van der Waals surface area contributed by atoms with E-state index in [1.54, 1.807) is 12.4 Å². The fraction of sp³-hybridized carbons (Fsp3) is 0.628. The second-order valence-corrected chi connectivity index (χ2v) is 14.8. The van der Waals surface area contributed by atoms with Crippen molar-refractivity contribution >= 4 is 53.2 Å². The second-order valence-electron chi connectivity index (χ2n) is 14.8. The molecule has 388 valence electrons. The average molecular weight is 991 g/mol. The highest BCUT2D eigenvalue weighted by molar-refractivity contribution is 6.13. The third-order valence-electron chi connectivity index (χ3n) is 9.38. The molecule has 0 saturated heterocycles. The molecule has 1 heterocycles. The molecule has 2 rings (SSSR count). The number of benzene rings is 1. The average Bonchev–Trinajstić information content (AvgIpc) is 3.64. The lowest BCUT2D eigenvalue weighted by atomic mass is 10.0. The van der Waals surface area contributed by atoms with Gasteiger partial charge in [0.05, 0.1) is 99.1 Å². The number of ether oxygens (including phenoxy) is 9. The van der Waals surface area contributed by atoms with Gasteiger partial charge in [-0.3, -0.25) is 33.7 Å². The van der Waals surface area contributed by atoms with Crippen molar-refractivity contribution in [1.29, 1.82) is 0 Å². The summed E-state index contributed by atoms with van der Waals surface area (Å²) in [6, 6.07) is 2.91. The number of rotatable bonds is 38. The standard InChI is InChI=1S/C43H64F2N6O18/c1-29(47-33(52)11-13-51-34(53)9-10-35(51)54)37(55)48-30(2)38(56)49-32-7-5-31(6-8-32)36(69-42(60)50-43(3,40(44)45)41(58)59)39(57)46-12-14-62-17-18-64-21-22-66-25-26-68-28-27-67-24-23-65-20-19-63-16-15-61-4/h5-10,29-30,36,40H,11-28H2,1-4H3,(H,46,57)(H,47,52)(H,48,55)(H,49,56)(H,50,60)(H,58,59)/t29-,30-,36?,43?/m0/s1. The number of methoxy groups -OCH3 is 1. The molecule has 1 aliphatic heterocycles. The normalized spacial score (nSPS) is 14.4. The van der Waals surface area contributed by atoms with E-state index in [1.165, 1.54) is 38.1 Å². The molecule has 6 N–H and O–H groups in total. The number of carboxylic acids is 1. The van der Waals surface area contributed by atoms with E-state index in [0.717, 1.165) is 17.1 Å². The van der Waals surface area contributed by atoms with Crippen molar-refractivity contribution in [2.45, 2.75) is 57.3 Å². The van der Waals surface area contributed by atoms with Crippen LogP contribution in [0.15, 0.2) is 36.4 Å². The van der Waals surface area contributed by atoms with Gasteiger partial charge in [0, 0.05) is 50.0 Å². The monoisotopic (exact) mass is 990 g/mol. The van der Waals surface area contributed by atoms with Crippen LogP contribution in [-0.2, 0) is 76.2 Å². The summed E-state index contributed by atoms with van der Waals surface area (Å²) >= 11 is 0. The van der Waals surface area contributed by atoms with Crippen molar-refractivity contribution < 1.29 is 94.9 Å². The Bertz CT molecular complexity index is 1790. The van der Waals surface area contributed by atoms with Gasteiger partial charge in [-0.25, -0.2) is 18.4 Å². The maximum atomic E-state index is 13.6. The molecule has 0 spiro atoms.